The number of fused-ring (bicyclic) bond motifs is 1. The maximum Gasteiger partial charge on any atom is 0.259 e. The highest BCUT2D eigenvalue weighted by molar-refractivity contribution is 6.38. The highest BCUT2D eigenvalue weighted by atomic mass is 16.2. The molecule has 0 aromatic heterocycles. The molecule has 3 aromatic rings. The lowest BCUT2D eigenvalue weighted by Crippen LogP contribution is -2.20. The quantitative estimate of drug-likeness (QED) is 0.595. The van der Waals surface area contributed by atoms with Crippen LogP contribution >= 0.6 is 0 Å². The van der Waals surface area contributed by atoms with Crippen LogP contribution in [0.3, 0.4) is 0 Å². The zero-order chi connectivity index (χ0) is 17.9. The van der Waals surface area contributed by atoms with Crippen LogP contribution in [0.5, 0.6) is 0 Å². The van der Waals surface area contributed by atoms with Crippen molar-refractivity contribution in [3.63, 3.8) is 0 Å². The molecule has 2 heteroatoms. The second-order valence-corrected chi connectivity index (χ2v) is 6.28. The summed E-state index contributed by atoms with van der Waals surface area (Å²) in [4.78, 5) is 14.7. The largest absolute Gasteiger partial charge is 0.311 e. The van der Waals surface area contributed by atoms with Crippen molar-refractivity contribution in [1.82, 2.24) is 0 Å². The van der Waals surface area contributed by atoms with Crippen LogP contribution in [0.2, 0.25) is 0 Å². The summed E-state index contributed by atoms with van der Waals surface area (Å²) >= 11 is 0. The maximum absolute atomic E-state index is 13.0. The Morgan fingerprint density at radius 3 is 2.15 bits per heavy atom. The summed E-state index contributed by atoms with van der Waals surface area (Å²) in [6, 6.07) is 28.2. The third-order valence-electron chi connectivity index (χ3n) is 4.65. The first-order valence-electron chi connectivity index (χ1n) is 8.66. The molecule has 126 valence electrons. The van der Waals surface area contributed by atoms with E-state index in [0.29, 0.717) is 0 Å². The van der Waals surface area contributed by atoms with Crippen molar-refractivity contribution in [2.75, 3.05) is 11.9 Å². The number of benzene rings is 3. The van der Waals surface area contributed by atoms with E-state index in [1.165, 1.54) is 0 Å². The van der Waals surface area contributed by atoms with Crippen LogP contribution in [-0.4, -0.2) is 13.0 Å². The predicted molar refractivity (Wildman–Crippen MR) is 109 cm³/mol. The van der Waals surface area contributed by atoms with Crippen LogP contribution in [0.4, 0.5) is 5.69 Å². The fraction of sp³-hybridized carbons (Fsp3) is 0.0417. The smallest absolute Gasteiger partial charge is 0.259 e. The molecule has 0 fully saturated rings. The molecule has 0 spiro atoms. The van der Waals surface area contributed by atoms with E-state index in [1.807, 2.05) is 85.9 Å². The van der Waals surface area contributed by atoms with Crippen molar-refractivity contribution in [2.24, 2.45) is 0 Å². The van der Waals surface area contributed by atoms with Gasteiger partial charge in [0.25, 0.3) is 5.91 Å². The van der Waals surface area contributed by atoms with Crippen LogP contribution in [0.25, 0.3) is 17.2 Å². The maximum atomic E-state index is 13.0. The van der Waals surface area contributed by atoms with Gasteiger partial charge in [-0.3, -0.25) is 4.79 Å². The topological polar surface area (TPSA) is 20.3 Å². The first-order valence-corrected chi connectivity index (χ1v) is 8.66. The molecule has 1 heterocycles. The molecule has 0 bridgehead atoms. The van der Waals surface area contributed by atoms with Gasteiger partial charge in [0.2, 0.25) is 0 Å². The number of likely N-dealkylation sites (N-methyl/N-ethyl adjacent to an activating group) is 1. The average Bonchev–Trinajstić information content (AvgIpc) is 2.95. The van der Waals surface area contributed by atoms with Crippen LogP contribution < -0.4 is 4.90 Å². The number of carbonyl (C=O) groups excluding carboxylic acids is 1. The molecular formula is C24H19NO. The molecule has 0 aliphatic carbocycles. The molecule has 1 aliphatic heterocycles. The van der Waals surface area contributed by atoms with Gasteiger partial charge in [0.05, 0.1) is 11.3 Å². The van der Waals surface area contributed by atoms with E-state index in [0.717, 1.165) is 33.5 Å². The summed E-state index contributed by atoms with van der Waals surface area (Å²) in [5, 5.41) is 0. The second-order valence-electron chi connectivity index (χ2n) is 6.28. The number of allylic oxidation sites excluding steroid dienone is 2. The lowest BCUT2D eigenvalue weighted by atomic mass is 9.94. The van der Waals surface area contributed by atoms with Crippen molar-refractivity contribution >= 4 is 28.8 Å². The molecule has 26 heavy (non-hydrogen) atoms. The molecule has 2 nitrogen and oxygen atoms in total. The van der Waals surface area contributed by atoms with Crippen LogP contribution in [0.15, 0.2) is 91.0 Å². The van der Waals surface area contributed by atoms with E-state index in [-0.39, 0.29) is 5.91 Å². The number of carbonyl (C=O) groups is 1. The minimum Gasteiger partial charge on any atom is -0.311 e. The highest BCUT2D eigenvalue weighted by Gasteiger charge is 2.31. The van der Waals surface area contributed by atoms with Gasteiger partial charge in [-0.05, 0) is 22.8 Å². The minimum absolute atomic E-state index is 0.0303. The summed E-state index contributed by atoms with van der Waals surface area (Å²) < 4.78 is 0. The van der Waals surface area contributed by atoms with Crippen molar-refractivity contribution in [2.45, 2.75) is 0 Å². The van der Waals surface area contributed by atoms with Gasteiger partial charge in [-0.2, -0.15) is 0 Å². The normalized spacial score (nSPS) is 15.4. The highest BCUT2D eigenvalue weighted by Crippen LogP contribution is 2.40. The molecule has 3 aromatic carbocycles. The van der Waals surface area contributed by atoms with Gasteiger partial charge in [0.15, 0.2) is 0 Å². The lowest BCUT2D eigenvalue weighted by Gasteiger charge is -2.09. The Hall–Kier alpha value is -3.39. The second kappa shape index (κ2) is 6.85. The van der Waals surface area contributed by atoms with Gasteiger partial charge < -0.3 is 4.90 Å². The number of para-hydroxylation sites is 1. The number of anilines is 1. The summed E-state index contributed by atoms with van der Waals surface area (Å²) in [7, 11) is 1.83. The minimum atomic E-state index is 0.0303. The van der Waals surface area contributed by atoms with Gasteiger partial charge >= 0.3 is 0 Å². The summed E-state index contributed by atoms with van der Waals surface area (Å²) in [6.45, 7) is 0. The Morgan fingerprint density at radius 2 is 1.42 bits per heavy atom. The number of hydrogen-bond donors (Lipinski definition) is 0. The Morgan fingerprint density at radius 1 is 0.808 bits per heavy atom. The summed E-state index contributed by atoms with van der Waals surface area (Å²) in [6.07, 6.45) is 4.11. The molecule has 0 saturated heterocycles. The Labute approximate surface area is 153 Å². The third kappa shape index (κ3) is 2.86. The van der Waals surface area contributed by atoms with Gasteiger partial charge in [0, 0.05) is 12.6 Å². The van der Waals surface area contributed by atoms with Crippen LogP contribution in [-0.2, 0) is 4.79 Å². The molecule has 0 atom stereocenters. The zero-order valence-corrected chi connectivity index (χ0v) is 14.6. The van der Waals surface area contributed by atoms with Crippen LogP contribution in [0, 0.1) is 0 Å². The van der Waals surface area contributed by atoms with Gasteiger partial charge in [-0.15, -0.1) is 0 Å². The predicted octanol–water partition coefficient (Wildman–Crippen LogP) is 5.29. The molecule has 4 rings (SSSR count). The van der Waals surface area contributed by atoms with E-state index in [1.54, 1.807) is 4.90 Å². The van der Waals surface area contributed by atoms with Crippen molar-refractivity contribution in [3.8, 4) is 0 Å². The lowest BCUT2D eigenvalue weighted by molar-refractivity contribution is -0.112. The molecule has 1 aliphatic rings. The summed E-state index contributed by atoms with van der Waals surface area (Å²) in [5.74, 6) is 0.0303. The first-order chi connectivity index (χ1) is 12.8. The van der Waals surface area contributed by atoms with Gasteiger partial charge in [0.1, 0.15) is 0 Å². The Kier molecular flexibility index (Phi) is 4.24. The van der Waals surface area contributed by atoms with E-state index in [9.17, 15) is 4.79 Å². The average molecular weight is 337 g/mol. The number of hydrogen-bond acceptors (Lipinski definition) is 1. The fourth-order valence-corrected chi connectivity index (χ4v) is 3.32. The van der Waals surface area contributed by atoms with Crippen molar-refractivity contribution < 1.29 is 4.79 Å². The third-order valence-corrected chi connectivity index (χ3v) is 4.65. The molecular weight excluding hydrogens is 318 g/mol. The fourth-order valence-electron chi connectivity index (χ4n) is 3.32. The molecule has 0 saturated carbocycles. The number of rotatable bonds is 3. The van der Waals surface area contributed by atoms with E-state index in [2.05, 4.69) is 18.2 Å². The first kappa shape index (κ1) is 16.1. The van der Waals surface area contributed by atoms with E-state index in [4.69, 9.17) is 0 Å². The Balaban J connectivity index is 1.93. The number of nitrogens with zero attached hydrogens (tertiary/aromatic N) is 1. The zero-order valence-electron chi connectivity index (χ0n) is 14.6. The molecule has 0 N–H and O–H groups in total. The SMILES string of the molecule is CN1C(=O)/C(=C(\C=C\c2ccccc2)c2ccccc2)c2ccccc21. The molecule has 0 radical (unpaired) electrons. The standard InChI is InChI=1S/C24H19NO/c1-25-22-15-9-8-14-21(22)23(24(25)26)20(19-12-6-3-7-13-19)17-16-18-10-4-2-5-11-18/h2-17H,1H3/b17-16+,23-20+. The Bertz CT molecular complexity index is 1000. The van der Waals surface area contributed by atoms with E-state index < -0.39 is 0 Å². The summed E-state index contributed by atoms with van der Waals surface area (Å²) in [5.41, 5.74) is 5.77. The molecule has 1 amide bonds. The van der Waals surface area contributed by atoms with Crippen LogP contribution in [0.1, 0.15) is 16.7 Å². The van der Waals surface area contributed by atoms with Crippen molar-refractivity contribution in [1.29, 1.82) is 0 Å². The monoisotopic (exact) mass is 337 g/mol. The van der Waals surface area contributed by atoms with E-state index >= 15 is 0 Å². The number of amides is 1. The van der Waals surface area contributed by atoms with Gasteiger partial charge in [-0.1, -0.05) is 91.0 Å². The van der Waals surface area contributed by atoms with Gasteiger partial charge in [-0.25, -0.2) is 0 Å². The van der Waals surface area contributed by atoms with Crippen molar-refractivity contribution in [3.05, 3.63) is 108 Å². The molecule has 0 unspecified atom stereocenters.